The lowest BCUT2D eigenvalue weighted by Crippen LogP contribution is -2.06. The van der Waals surface area contributed by atoms with Gasteiger partial charge in [-0.3, -0.25) is 4.99 Å². The molecule has 0 aliphatic carbocycles. The summed E-state index contributed by atoms with van der Waals surface area (Å²) < 4.78 is 0. The van der Waals surface area contributed by atoms with Crippen molar-refractivity contribution in [3.8, 4) is 0 Å². The summed E-state index contributed by atoms with van der Waals surface area (Å²) in [4.78, 5) is 5.14. The summed E-state index contributed by atoms with van der Waals surface area (Å²) in [6, 6.07) is 6.16. The first-order chi connectivity index (χ1) is 6.31. The molecule has 0 radical (unpaired) electrons. The SMILES string of the molecule is CSc1ccc2c(c1)C(O)N=CC2. The van der Waals surface area contributed by atoms with E-state index in [0.717, 1.165) is 12.0 Å². The first-order valence-corrected chi connectivity index (χ1v) is 5.40. The van der Waals surface area contributed by atoms with E-state index in [9.17, 15) is 5.11 Å². The Morgan fingerprint density at radius 1 is 1.54 bits per heavy atom. The third kappa shape index (κ3) is 1.62. The van der Waals surface area contributed by atoms with E-state index in [-0.39, 0.29) is 0 Å². The van der Waals surface area contributed by atoms with Crippen molar-refractivity contribution in [1.29, 1.82) is 0 Å². The minimum absolute atomic E-state index is 0.657. The second-order valence-electron chi connectivity index (χ2n) is 2.97. The monoisotopic (exact) mass is 193 g/mol. The van der Waals surface area contributed by atoms with Gasteiger partial charge < -0.3 is 5.11 Å². The maximum Gasteiger partial charge on any atom is 0.171 e. The van der Waals surface area contributed by atoms with Gasteiger partial charge in [-0.15, -0.1) is 11.8 Å². The van der Waals surface area contributed by atoms with Crippen LogP contribution in [0.1, 0.15) is 17.4 Å². The van der Waals surface area contributed by atoms with Crippen LogP contribution in [0.25, 0.3) is 0 Å². The molecular weight excluding hydrogens is 182 g/mol. The molecule has 0 amide bonds. The molecular formula is C10H11NOS. The predicted molar refractivity (Wildman–Crippen MR) is 55.4 cm³/mol. The fraction of sp³-hybridized carbons (Fsp3) is 0.300. The van der Waals surface area contributed by atoms with Gasteiger partial charge in [-0.2, -0.15) is 0 Å². The van der Waals surface area contributed by atoms with Crippen molar-refractivity contribution in [2.75, 3.05) is 6.26 Å². The fourth-order valence-electron chi connectivity index (χ4n) is 1.46. The van der Waals surface area contributed by atoms with Crippen LogP contribution < -0.4 is 0 Å². The van der Waals surface area contributed by atoms with Crippen LogP contribution in [-0.4, -0.2) is 17.6 Å². The summed E-state index contributed by atoms with van der Waals surface area (Å²) >= 11 is 1.68. The van der Waals surface area contributed by atoms with E-state index in [1.807, 2.05) is 12.3 Å². The second-order valence-corrected chi connectivity index (χ2v) is 3.85. The van der Waals surface area contributed by atoms with Crippen molar-refractivity contribution in [3.05, 3.63) is 29.3 Å². The van der Waals surface area contributed by atoms with E-state index < -0.39 is 6.23 Å². The van der Waals surface area contributed by atoms with Crippen molar-refractivity contribution >= 4 is 18.0 Å². The van der Waals surface area contributed by atoms with Crippen LogP contribution in [0.15, 0.2) is 28.1 Å². The van der Waals surface area contributed by atoms with Crippen LogP contribution >= 0.6 is 11.8 Å². The number of thioether (sulfide) groups is 1. The highest BCUT2D eigenvalue weighted by Gasteiger charge is 2.14. The maximum absolute atomic E-state index is 9.57. The fourth-order valence-corrected chi connectivity index (χ4v) is 1.91. The number of nitrogens with zero attached hydrogens (tertiary/aromatic N) is 1. The first-order valence-electron chi connectivity index (χ1n) is 4.18. The standard InChI is InChI=1S/C10H11NOS/c1-13-8-3-2-7-4-5-11-10(12)9(7)6-8/h2-3,5-6,10,12H,4H2,1H3. The van der Waals surface area contributed by atoms with Crippen molar-refractivity contribution < 1.29 is 5.11 Å². The molecule has 1 aromatic carbocycles. The summed E-state index contributed by atoms with van der Waals surface area (Å²) in [5.74, 6) is 0. The normalized spacial score (nSPS) is 20.0. The number of aliphatic hydroxyl groups excluding tert-OH is 1. The van der Waals surface area contributed by atoms with Gasteiger partial charge in [-0.25, -0.2) is 0 Å². The van der Waals surface area contributed by atoms with Crippen molar-refractivity contribution in [2.24, 2.45) is 4.99 Å². The molecule has 1 atom stereocenters. The summed E-state index contributed by atoms with van der Waals surface area (Å²) in [7, 11) is 0. The Kier molecular flexibility index (Phi) is 2.38. The van der Waals surface area contributed by atoms with Crippen LogP contribution in [0.5, 0.6) is 0 Å². The van der Waals surface area contributed by atoms with Gasteiger partial charge in [0.15, 0.2) is 6.23 Å². The van der Waals surface area contributed by atoms with Crippen LogP contribution in [-0.2, 0) is 6.42 Å². The quantitative estimate of drug-likeness (QED) is 0.692. The third-order valence-corrected chi connectivity index (χ3v) is 2.91. The van der Waals surface area contributed by atoms with E-state index in [1.54, 1.807) is 18.0 Å². The van der Waals surface area contributed by atoms with E-state index in [2.05, 4.69) is 17.1 Å². The lowest BCUT2D eigenvalue weighted by Gasteiger charge is -2.16. The molecule has 1 aromatic rings. The Morgan fingerprint density at radius 3 is 3.15 bits per heavy atom. The third-order valence-electron chi connectivity index (χ3n) is 2.19. The summed E-state index contributed by atoms with van der Waals surface area (Å²) in [5, 5.41) is 9.57. The Hall–Kier alpha value is -0.800. The van der Waals surface area contributed by atoms with Gasteiger partial charge in [0.05, 0.1) is 0 Å². The average molecular weight is 193 g/mol. The Bertz CT molecular complexity index is 349. The molecule has 0 bridgehead atoms. The number of hydrogen-bond acceptors (Lipinski definition) is 3. The van der Waals surface area contributed by atoms with Gasteiger partial charge in [0, 0.05) is 23.1 Å². The lowest BCUT2D eigenvalue weighted by molar-refractivity contribution is 0.186. The highest BCUT2D eigenvalue weighted by Crippen LogP contribution is 2.27. The summed E-state index contributed by atoms with van der Waals surface area (Å²) in [5.41, 5.74) is 2.13. The second kappa shape index (κ2) is 3.52. The predicted octanol–water partition coefficient (Wildman–Crippen LogP) is 2.03. The van der Waals surface area contributed by atoms with Gasteiger partial charge in [0.2, 0.25) is 0 Å². The molecule has 0 aromatic heterocycles. The minimum Gasteiger partial charge on any atom is -0.368 e. The van der Waals surface area contributed by atoms with Crippen molar-refractivity contribution in [2.45, 2.75) is 17.5 Å². The summed E-state index contributed by atoms with van der Waals surface area (Å²) in [6.07, 6.45) is 3.98. The van der Waals surface area contributed by atoms with Crippen LogP contribution in [0.4, 0.5) is 0 Å². The number of aliphatic imine (C=N–C) groups is 1. The number of rotatable bonds is 1. The molecule has 1 aliphatic heterocycles. The molecule has 1 N–H and O–H groups in total. The van der Waals surface area contributed by atoms with E-state index in [1.165, 1.54) is 10.5 Å². The zero-order valence-electron chi connectivity index (χ0n) is 7.40. The largest absolute Gasteiger partial charge is 0.368 e. The number of fused-ring (bicyclic) bond motifs is 1. The molecule has 0 fully saturated rings. The molecule has 0 saturated heterocycles. The molecule has 0 spiro atoms. The van der Waals surface area contributed by atoms with Gasteiger partial charge in [-0.1, -0.05) is 6.07 Å². The van der Waals surface area contributed by atoms with Crippen LogP contribution in [0, 0.1) is 0 Å². The number of aliphatic hydroxyl groups is 1. The molecule has 13 heavy (non-hydrogen) atoms. The molecule has 1 heterocycles. The van der Waals surface area contributed by atoms with E-state index in [0.29, 0.717) is 0 Å². The van der Waals surface area contributed by atoms with Gasteiger partial charge in [-0.05, 0) is 24.0 Å². The average Bonchev–Trinajstić information content (AvgIpc) is 2.18. The topological polar surface area (TPSA) is 32.6 Å². The highest BCUT2D eigenvalue weighted by atomic mass is 32.2. The zero-order chi connectivity index (χ0) is 9.26. The number of benzene rings is 1. The summed E-state index contributed by atoms with van der Waals surface area (Å²) in [6.45, 7) is 0. The van der Waals surface area contributed by atoms with Crippen molar-refractivity contribution in [1.82, 2.24) is 0 Å². The molecule has 1 aliphatic rings. The van der Waals surface area contributed by atoms with Gasteiger partial charge >= 0.3 is 0 Å². The van der Waals surface area contributed by atoms with E-state index in [4.69, 9.17) is 0 Å². The minimum atomic E-state index is -0.657. The van der Waals surface area contributed by atoms with Crippen LogP contribution in [0.3, 0.4) is 0 Å². The van der Waals surface area contributed by atoms with Crippen LogP contribution in [0.2, 0.25) is 0 Å². The van der Waals surface area contributed by atoms with Gasteiger partial charge in [0.1, 0.15) is 0 Å². The van der Waals surface area contributed by atoms with Gasteiger partial charge in [0.25, 0.3) is 0 Å². The number of hydrogen-bond donors (Lipinski definition) is 1. The molecule has 2 rings (SSSR count). The smallest absolute Gasteiger partial charge is 0.171 e. The molecule has 2 nitrogen and oxygen atoms in total. The molecule has 3 heteroatoms. The van der Waals surface area contributed by atoms with Crippen molar-refractivity contribution in [3.63, 3.8) is 0 Å². The Balaban J connectivity index is 2.45. The van der Waals surface area contributed by atoms with E-state index >= 15 is 0 Å². The highest BCUT2D eigenvalue weighted by molar-refractivity contribution is 7.98. The Morgan fingerprint density at radius 2 is 2.38 bits per heavy atom. The maximum atomic E-state index is 9.57. The molecule has 1 unspecified atom stereocenters. The Labute approximate surface area is 81.7 Å². The molecule has 68 valence electrons. The first kappa shape index (κ1) is 8.78. The molecule has 0 saturated carbocycles. The lowest BCUT2D eigenvalue weighted by atomic mass is 10.0. The zero-order valence-corrected chi connectivity index (χ0v) is 8.21.